The fraction of sp³-hybridized carbons (Fsp3) is 0.267. The SMILES string of the molecule is COc1ccc(CC(=O)NCc2nnc(SCC(=O)N3CCc4ccccc43)n2-c2cc(OC)ccc2OC)cc1. The third kappa shape index (κ3) is 6.30. The van der Waals surface area contributed by atoms with Gasteiger partial charge in [0.05, 0.1) is 45.7 Å². The Labute approximate surface area is 242 Å². The van der Waals surface area contributed by atoms with E-state index in [0.717, 1.165) is 23.4 Å². The first-order chi connectivity index (χ1) is 20.0. The van der Waals surface area contributed by atoms with Crippen LogP contribution < -0.4 is 24.4 Å². The molecule has 1 aliphatic heterocycles. The van der Waals surface area contributed by atoms with E-state index in [4.69, 9.17) is 14.2 Å². The first-order valence-corrected chi connectivity index (χ1v) is 14.1. The third-order valence-electron chi connectivity index (χ3n) is 6.81. The molecule has 0 saturated carbocycles. The molecule has 0 fully saturated rings. The van der Waals surface area contributed by atoms with Gasteiger partial charge >= 0.3 is 0 Å². The lowest BCUT2D eigenvalue weighted by Gasteiger charge is -2.18. The number of aromatic nitrogens is 3. The number of hydrogen-bond donors (Lipinski definition) is 1. The molecule has 41 heavy (non-hydrogen) atoms. The van der Waals surface area contributed by atoms with Gasteiger partial charge in [-0.3, -0.25) is 14.2 Å². The number of anilines is 1. The summed E-state index contributed by atoms with van der Waals surface area (Å²) in [6.45, 7) is 0.775. The van der Waals surface area contributed by atoms with Crippen LogP contribution in [0.2, 0.25) is 0 Å². The second-order valence-electron chi connectivity index (χ2n) is 9.29. The topological polar surface area (TPSA) is 108 Å². The molecule has 0 aliphatic carbocycles. The van der Waals surface area contributed by atoms with Crippen molar-refractivity contribution < 1.29 is 23.8 Å². The largest absolute Gasteiger partial charge is 0.497 e. The van der Waals surface area contributed by atoms with Gasteiger partial charge in [-0.1, -0.05) is 42.1 Å². The van der Waals surface area contributed by atoms with Gasteiger partial charge in [-0.15, -0.1) is 10.2 Å². The molecule has 3 aromatic carbocycles. The Kier molecular flexibility index (Phi) is 8.73. The number of para-hydroxylation sites is 1. The molecule has 0 saturated heterocycles. The highest BCUT2D eigenvalue weighted by Crippen LogP contribution is 2.33. The maximum absolute atomic E-state index is 13.2. The number of methoxy groups -OCH3 is 3. The van der Waals surface area contributed by atoms with Crippen molar-refractivity contribution in [2.24, 2.45) is 0 Å². The third-order valence-corrected chi connectivity index (χ3v) is 7.72. The summed E-state index contributed by atoms with van der Waals surface area (Å²) < 4.78 is 18.1. The number of fused-ring (bicyclic) bond motifs is 1. The summed E-state index contributed by atoms with van der Waals surface area (Å²) >= 11 is 1.28. The van der Waals surface area contributed by atoms with Gasteiger partial charge in [0, 0.05) is 18.3 Å². The van der Waals surface area contributed by atoms with E-state index in [2.05, 4.69) is 21.6 Å². The molecule has 0 radical (unpaired) electrons. The van der Waals surface area contributed by atoms with Crippen LogP contribution in [-0.4, -0.2) is 60.2 Å². The van der Waals surface area contributed by atoms with Crippen molar-refractivity contribution in [3.63, 3.8) is 0 Å². The van der Waals surface area contributed by atoms with E-state index in [1.807, 2.05) is 53.4 Å². The minimum absolute atomic E-state index is 0.0125. The smallest absolute Gasteiger partial charge is 0.237 e. The fourth-order valence-corrected chi connectivity index (χ4v) is 5.53. The molecule has 0 unspecified atom stereocenters. The molecule has 4 aromatic rings. The predicted molar refractivity (Wildman–Crippen MR) is 156 cm³/mol. The van der Waals surface area contributed by atoms with E-state index >= 15 is 0 Å². The Morgan fingerprint density at radius 1 is 0.902 bits per heavy atom. The van der Waals surface area contributed by atoms with E-state index in [-0.39, 0.29) is 30.5 Å². The summed E-state index contributed by atoms with van der Waals surface area (Å²) in [5.41, 5.74) is 3.62. The van der Waals surface area contributed by atoms with E-state index in [9.17, 15) is 9.59 Å². The van der Waals surface area contributed by atoms with Crippen LogP contribution >= 0.6 is 11.8 Å². The van der Waals surface area contributed by atoms with Gasteiger partial charge in [-0.25, -0.2) is 0 Å². The molecule has 1 aromatic heterocycles. The Morgan fingerprint density at radius 2 is 1.66 bits per heavy atom. The van der Waals surface area contributed by atoms with Gasteiger partial charge in [0.2, 0.25) is 11.8 Å². The van der Waals surface area contributed by atoms with Crippen molar-refractivity contribution in [2.75, 3.05) is 38.5 Å². The quantitative estimate of drug-likeness (QED) is 0.270. The second-order valence-corrected chi connectivity index (χ2v) is 10.2. The molecule has 2 heterocycles. The maximum atomic E-state index is 13.2. The number of nitrogens with zero attached hydrogens (tertiary/aromatic N) is 4. The number of hydrogen-bond acceptors (Lipinski definition) is 8. The van der Waals surface area contributed by atoms with Crippen LogP contribution in [0.4, 0.5) is 5.69 Å². The van der Waals surface area contributed by atoms with Crippen LogP contribution in [0.25, 0.3) is 5.69 Å². The average molecular weight is 574 g/mol. The summed E-state index contributed by atoms with van der Waals surface area (Å²) in [5, 5.41) is 12.2. The minimum Gasteiger partial charge on any atom is -0.497 e. The van der Waals surface area contributed by atoms with Crippen molar-refractivity contribution in [2.45, 2.75) is 24.5 Å². The number of rotatable bonds is 11. The highest BCUT2D eigenvalue weighted by molar-refractivity contribution is 7.99. The van der Waals surface area contributed by atoms with Crippen molar-refractivity contribution in [1.29, 1.82) is 0 Å². The van der Waals surface area contributed by atoms with Crippen molar-refractivity contribution in [3.05, 3.63) is 83.7 Å². The molecule has 0 bridgehead atoms. The number of carbonyl (C=O) groups excluding carboxylic acids is 2. The molecule has 212 valence electrons. The summed E-state index contributed by atoms with van der Waals surface area (Å²) in [4.78, 5) is 27.8. The van der Waals surface area contributed by atoms with Crippen LogP contribution in [0.15, 0.2) is 71.9 Å². The van der Waals surface area contributed by atoms with Crippen molar-refractivity contribution in [3.8, 4) is 22.9 Å². The van der Waals surface area contributed by atoms with Gasteiger partial charge in [0.15, 0.2) is 11.0 Å². The zero-order valence-corrected chi connectivity index (χ0v) is 23.9. The van der Waals surface area contributed by atoms with E-state index < -0.39 is 0 Å². The van der Waals surface area contributed by atoms with Crippen molar-refractivity contribution in [1.82, 2.24) is 20.1 Å². The lowest BCUT2D eigenvalue weighted by molar-refractivity contribution is -0.120. The maximum Gasteiger partial charge on any atom is 0.237 e. The summed E-state index contributed by atoms with van der Waals surface area (Å²) in [5.74, 6) is 2.39. The fourth-order valence-electron chi connectivity index (χ4n) is 4.69. The second kappa shape index (κ2) is 12.8. The first-order valence-electron chi connectivity index (χ1n) is 13.1. The summed E-state index contributed by atoms with van der Waals surface area (Å²) in [7, 11) is 4.76. The zero-order chi connectivity index (χ0) is 28.8. The first kappa shape index (κ1) is 28.0. The zero-order valence-electron chi connectivity index (χ0n) is 23.1. The highest BCUT2D eigenvalue weighted by Gasteiger charge is 2.26. The van der Waals surface area contributed by atoms with Crippen LogP contribution in [0.5, 0.6) is 17.2 Å². The minimum atomic E-state index is -0.167. The summed E-state index contributed by atoms with van der Waals surface area (Å²) in [6.07, 6.45) is 1.04. The number of thioether (sulfide) groups is 1. The van der Waals surface area contributed by atoms with Gasteiger partial charge in [0.1, 0.15) is 17.2 Å². The van der Waals surface area contributed by atoms with Crippen molar-refractivity contribution >= 4 is 29.3 Å². The van der Waals surface area contributed by atoms with Crippen LogP contribution in [0, 0.1) is 0 Å². The van der Waals surface area contributed by atoms with Gasteiger partial charge in [0.25, 0.3) is 0 Å². The molecule has 11 heteroatoms. The molecular formula is C30H31N5O5S. The van der Waals surface area contributed by atoms with Crippen LogP contribution in [0.3, 0.4) is 0 Å². The molecule has 1 N–H and O–H groups in total. The Morgan fingerprint density at radius 3 is 2.41 bits per heavy atom. The summed E-state index contributed by atoms with van der Waals surface area (Å²) in [6, 6.07) is 20.7. The number of nitrogens with one attached hydrogen (secondary N) is 1. The normalized spacial score (nSPS) is 12.1. The highest BCUT2D eigenvalue weighted by atomic mass is 32.2. The average Bonchev–Trinajstić information content (AvgIpc) is 3.63. The molecule has 2 amide bonds. The molecule has 0 spiro atoms. The van der Waals surface area contributed by atoms with E-state index in [1.54, 1.807) is 38.0 Å². The molecule has 0 atom stereocenters. The van der Waals surface area contributed by atoms with E-state index in [1.165, 1.54) is 17.3 Å². The van der Waals surface area contributed by atoms with Crippen LogP contribution in [0.1, 0.15) is 17.0 Å². The van der Waals surface area contributed by atoms with Gasteiger partial charge in [-0.05, 0) is 47.9 Å². The molecular weight excluding hydrogens is 542 g/mol. The lowest BCUT2D eigenvalue weighted by atomic mass is 10.1. The number of amides is 2. The standard InChI is InChI=1S/C30H31N5O5S/c1-38-22-10-8-20(9-11-22)16-28(36)31-18-27-32-33-30(35(27)25-17-23(39-2)12-13-26(25)40-3)41-19-29(37)34-15-14-21-6-4-5-7-24(21)34/h4-13,17H,14-16,18-19H2,1-3H3,(H,31,36). The van der Waals surface area contributed by atoms with Gasteiger partial charge in [-0.2, -0.15) is 0 Å². The number of benzene rings is 3. The predicted octanol–water partition coefficient (Wildman–Crippen LogP) is 3.83. The monoisotopic (exact) mass is 573 g/mol. The number of carbonyl (C=O) groups is 2. The lowest BCUT2D eigenvalue weighted by Crippen LogP contribution is -2.30. The van der Waals surface area contributed by atoms with Gasteiger partial charge < -0.3 is 24.4 Å². The van der Waals surface area contributed by atoms with E-state index in [0.29, 0.717) is 34.7 Å². The molecule has 1 aliphatic rings. The Hall–Kier alpha value is -4.51. The molecule has 5 rings (SSSR count). The Balaban J connectivity index is 1.36. The number of ether oxygens (including phenoxy) is 3. The Bertz CT molecular complexity index is 1540. The molecule has 10 nitrogen and oxygen atoms in total. The van der Waals surface area contributed by atoms with Crippen LogP contribution in [-0.2, 0) is 29.0 Å².